The van der Waals surface area contributed by atoms with Crippen molar-refractivity contribution >= 4 is 5.91 Å². The van der Waals surface area contributed by atoms with Gasteiger partial charge in [-0.25, -0.2) is 4.68 Å². The van der Waals surface area contributed by atoms with Crippen LogP contribution >= 0.6 is 0 Å². The molecule has 9 heteroatoms. The number of alkyl halides is 3. The topological polar surface area (TPSA) is 56.6 Å². The van der Waals surface area contributed by atoms with Crippen molar-refractivity contribution in [3.63, 3.8) is 0 Å². The van der Waals surface area contributed by atoms with Crippen molar-refractivity contribution in [1.29, 1.82) is 0 Å². The molecule has 0 aliphatic heterocycles. The summed E-state index contributed by atoms with van der Waals surface area (Å²) in [6, 6.07) is 30.3. The molecule has 0 atom stereocenters. The number of nitrogens with zero attached hydrogens (tertiary/aromatic N) is 3. The van der Waals surface area contributed by atoms with Gasteiger partial charge in [-0.05, 0) is 54.1 Å². The number of carbonyl (C=O) groups excluding carboxylic acids is 1. The van der Waals surface area contributed by atoms with Crippen LogP contribution in [0.4, 0.5) is 13.2 Å². The minimum atomic E-state index is -4.50. The van der Waals surface area contributed by atoms with Crippen LogP contribution in [0.2, 0.25) is 0 Å². The minimum absolute atomic E-state index is 0.0817. The van der Waals surface area contributed by atoms with Gasteiger partial charge in [-0.1, -0.05) is 60.7 Å². The number of aryl methyl sites for hydroxylation is 1. The fourth-order valence-electron chi connectivity index (χ4n) is 4.58. The Morgan fingerprint density at radius 2 is 1.40 bits per heavy atom. The smallest absolute Gasteiger partial charge is 0.416 e. The van der Waals surface area contributed by atoms with E-state index in [1.165, 1.54) is 12.1 Å². The molecule has 214 valence electrons. The molecular formula is C33H28F3N3O3. The lowest BCUT2D eigenvalue weighted by molar-refractivity contribution is -0.137. The van der Waals surface area contributed by atoms with Gasteiger partial charge in [0.25, 0.3) is 5.91 Å². The summed E-state index contributed by atoms with van der Waals surface area (Å²) >= 11 is 0. The van der Waals surface area contributed by atoms with Crippen LogP contribution in [0.5, 0.6) is 17.4 Å². The number of carbonyl (C=O) groups is 1. The Balaban J connectivity index is 1.57. The monoisotopic (exact) mass is 571 g/mol. The van der Waals surface area contributed by atoms with Gasteiger partial charge >= 0.3 is 6.18 Å². The van der Waals surface area contributed by atoms with E-state index in [1.807, 2.05) is 60.7 Å². The summed E-state index contributed by atoms with van der Waals surface area (Å²) in [4.78, 5) is 15.5. The first-order valence-corrected chi connectivity index (χ1v) is 13.2. The molecule has 0 aliphatic rings. The van der Waals surface area contributed by atoms with Crippen molar-refractivity contribution in [2.45, 2.75) is 19.3 Å². The molecule has 0 fully saturated rings. The van der Waals surface area contributed by atoms with E-state index < -0.39 is 17.6 Å². The average Bonchev–Trinajstić information content (AvgIpc) is 3.31. The van der Waals surface area contributed by atoms with Crippen molar-refractivity contribution in [2.75, 3.05) is 7.11 Å². The second kappa shape index (κ2) is 12.2. The number of ether oxygens (including phenoxy) is 2. The van der Waals surface area contributed by atoms with E-state index in [1.54, 1.807) is 48.0 Å². The fraction of sp³-hybridized carbons (Fsp3) is 0.152. The summed E-state index contributed by atoms with van der Waals surface area (Å²) in [5, 5.41) is 4.75. The Bertz CT molecular complexity index is 1630. The van der Waals surface area contributed by atoms with Crippen molar-refractivity contribution in [1.82, 2.24) is 14.7 Å². The number of hydrogen-bond acceptors (Lipinski definition) is 4. The van der Waals surface area contributed by atoms with Gasteiger partial charge in [-0.15, -0.1) is 0 Å². The van der Waals surface area contributed by atoms with E-state index in [2.05, 4.69) is 0 Å². The lowest BCUT2D eigenvalue weighted by Gasteiger charge is -2.24. The number of amides is 1. The summed E-state index contributed by atoms with van der Waals surface area (Å²) in [6.07, 6.45) is -4.50. The highest BCUT2D eigenvalue weighted by atomic mass is 19.4. The second-order valence-electron chi connectivity index (χ2n) is 9.62. The first-order valence-electron chi connectivity index (χ1n) is 13.2. The largest absolute Gasteiger partial charge is 0.497 e. The average molecular weight is 572 g/mol. The summed E-state index contributed by atoms with van der Waals surface area (Å²) in [7, 11) is 3.34. The van der Waals surface area contributed by atoms with E-state index >= 15 is 0 Å². The molecule has 6 nitrogen and oxygen atoms in total. The Morgan fingerprint density at radius 1 is 0.810 bits per heavy atom. The van der Waals surface area contributed by atoms with Gasteiger partial charge in [0, 0.05) is 24.7 Å². The molecule has 5 rings (SSSR count). The SMILES string of the molecule is COc1ccc(Oc2c(CN(Cc3ccccc3)C(=O)c3ccc(C(F)(F)F)cc3)c(-c3ccccc3)nn2C)cc1. The predicted octanol–water partition coefficient (Wildman–Crippen LogP) is 7.75. The highest BCUT2D eigenvalue weighted by Crippen LogP contribution is 2.35. The summed E-state index contributed by atoms with van der Waals surface area (Å²) in [6.45, 7) is 0.296. The Labute approximate surface area is 241 Å². The summed E-state index contributed by atoms with van der Waals surface area (Å²) in [5.41, 5.74) is 2.29. The lowest BCUT2D eigenvalue weighted by Crippen LogP contribution is -2.30. The van der Waals surface area contributed by atoms with Gasteiger partial charge in [0.15, 0.2) is 0 Å². The Morgan fingerprint density at radius 3 is 2.00 bits per heavy atom. The minimum Gasteiger partial charge on any atom is -0.497 e. The van der Waals surface area contributed by atoms with E-state index in [4.69, 9.17) is 14.6 Å². The van der Waals surface area contributed by atoms with E-state index in [0.29, 0.717) is 28.6 Å². The zero-order valence-electron chi connectivity index (χ0n) is 23.0. The maximum atomic E-state index is 13.9. The molecule has 0 saturated heterocycles. The van der Waals surface area contributed by atoms with Crippen molar-refractivity contribution in [2.24, 2.45) is 7.05 Å². The molecule has 0 aliphatic carbocycles. The standard InChI is InChI=1S/C33H28F3N3O3/c1-38-32(42-28-19-17-27(41-2)18-20-28)29(30(37-38)24-11-7-4-8-12-24)22-39(21-23-9-5-3-6-10-23)31(40)25-13-15-26(16-14-25)33(34,35)36/h3-20H,21-22H2,1-2H3. The number of halogens is 3. The van der Waals surface area contributed by atoms with Gasteiger partial charge in [0.05, 0.1) is 24.8 Å². The third-order valence-electron chi connectivity index (χ3n) is 6.72. The maximum Gasteiger partial charge on any atom is 0.416 e. The normalized spacial score (nSPS) is 11.3. The summed E-state index contributed by atoms with van der Waals surface area (Å²) in [5.74, 6) is 1.22. The molecule has 1 amide bonds. The number of rotatable bonds is 9. The quantitative estimate of drug-likeness (QED) is 0.182. The number of hydrogen-bond donors (Lipinski definition) is 0. The van der Waals surface area contributed by atoms with Crippen LogP contribution in [-0.2, 0) is 26.3 Å². The molecule has 0 saturated carbocycles. The zero-order chi connectivity index (χ0) is 29.7. The Kier molecular flexibility index (Phi) is 8.28. The lowest BCUT2D eigenvalue weighted by atomic mass is 10.1. The van der Waals surface area contributed by atoms with Gasteiger partial charge in [-0.2, -0.15) is 18.3 Å². The molecule has 4 aromatic carbocycles. The molecule has 42 heavy (non-hydrogen) atoms. The number of aromatic nitrogens is 2. The first kappa shape index (κ1) is 28.5. The first-order chi connectivity index (χ1) is 20.2. The molecule has 1 aromatic heterocycles. The molecule has 0 spiro atoms. The molecule has 0 N–H and O–H groups in total. The van der Waals surface area contributed by atoms with Crippen molar-refractivity contribution in [3.8, 4) is 28.6 Å². The van der Waals surface area contributed by atoms with Crippen LogP contribution in [0.3, 0.4) is 0 Å². The summed E-state index contributed by atoms with van der Waals surface area (Å²) < 4.78 is 52.8. The van der Waals surface area contributed by atoms with Gasteiger partial charge in [0.2, 0.25) is 5.88 Å². The van der Waals surface area contributed by atoms with Crippen LogP contribution in [-0.4, -0.2) is 27.7 Å². The zero-order valence-corrected chi connectivity index (χ0v) is 23.0. The molecule has 0 unspecified atom stereocenters. The third kappa shape index (κ3) is 6.46. The predicted molar refractivity (Wildman–Crippen MR) is 153 cm³/mol. The highest BCUT2D eigenvalue weighted by Gasteiger charge is 2.31. The molecule has 0 bridgehead atoms. The Hall–Kier alpha value is -5.05. The molecule has 1 heterocycles. The van der Waals surface area contributed by atoms with E-state index in [0.717, 1.165) is 23.3 Å². The van der Waals surface area contributed by atoms with Crippen molar-refractivity contribution < 1.29 is 27.4 Å². The van der Waals surface area contributed by atoms with Gasteiger partial charge < -0.3 is 14.4 Å². The van der Waals surface area contributed by atoms with Crippen LogP contribution in [0.15, 0.2) is 109 Å². The van der Waals surface area contributed by atoms with Gasteiger partial charge in [0.1, 0.15) is 17.2 Å². The van der Waals surface area contributed by atoms with Crippen molar-refractivity contribution in [3.05, 3.63) is 131 Å². The van der Waals surface area contributed by atoms with Crippen LogP contribution in [0.1, 0.15) is 27.0 Å². The molecule has 0 radical (unpaired) electrons. The van der Waals surface area contributed by atoms with Gasteiger partial charge in [-0.3, -0.25) is 4.79 Å². The molecule has 5 aromatic rings. The number of benzene rings is 4. The number of methoxy groups -OCH3 is 1. The van der Waals surface area contributed by atoms with E-state index in [9.17, 15) is 18.0 Å². The highest BCUT2D eigenvalue weighted by molar-refractivity contribution is 5.94. The second-order valence-corrected chi connectivity index (χ2v) is 9.62. The van der Waals surface area contributed by atoms with E-state index in [-0.39, 0.29) is 18.7 Å². The van der Waals surface area contributed by atoms with Crippen LogP contribution in [0, 0.1) is 0 Å². The third-order valence-corrected chi connectivity index (χ3v) is 6.72. The maximum absolute atomic E-state index is 13.9. The van der Waals surface area contributed by atoms with Crippen LogP contribution < -0.4 is 9.47 Å². The van der Waals surface area contributed by atoms with Crippen LogP contribution in [0.25, 0.3) is 11.3 Å². The molecular weight excluding hydrogens is 543 g/mol. The fourth-order valence-corrected chi connectivity index (χ4v) is 4.58.